The van der Waals surface area contributed by atoms with Crippen LogP contribution in [0.15, 0.2) is 12.1 Å². The first-order valence-corrected chi connectivity index (χ1v) is 8.83. The summed E-state index contributed by atoms with van der Waals surface area (Å²) in [5, 5.41) is 28.8. The van der Waals surface area contributed by atoms with Gasteiger partial charge < -0.3 is 35.3 Å². The fourth-order valence-corrected chi connectivity index (χ4v) is 3.68. The lowest BCUT2D eigenvalue weighted by Crippen LogP contribution is -2.64. The van der Waals surface area contributed by atoms with Crippen molar-refractivity contribution in [2.45, 2.75) is 36.7 Å². The molecule has 1 aromatic rings. The van der Waals surface area contributed by atoms with Crippen LogP contribution in [0, 0.1) is 0 Å². The molecule has 3 aliphatic rings. The molecule has 144 valence electrons. The minimum atomic E-state index is -1.35. The van der Waals surface area contributed by atoms with E-state index in [9.17, 15) is 24.8 Å². The van der Waals surface area contributed by atoms with Crippen LogP contribution < -0.4 is 15.1 Å². The molecule has 2 unspecified atom stereocenters. The molecule has 10 heteroatoms. The number of nitrogens with two attached hydrogens (primary N) is 1. The highest BCUT2D eigenvalue weighted by Crippen LogP contribution is 2.60. The van der Waals surface area contributed by atoms with E-state index in [4.69, 9.17) is 15.1 Å². The molecule has 2 aliphatic heterocycles. The number of likely N-dealkylation sites (tertiary alicyclic amines) is 1. The van der Waals surface area contributed by atoms with Crippen LogP contribution >= 0.6 is 0 Å². The first-order valence-electron chi connectivity index (χ1n) is 8.83. The van der Waals surface area contributed by atoms with Crippen molar-refractivity contribution in [3.63, 3.8) is 0 Å². The third kappa shape index (κ3) is 2.93. The predicted octanol–water partition coefficient (Wildman–Crippen LogP) is -0.585. The Hall–Kier alpha value is -2.30. The third-order valence-corrected chi connectivity index (χ3v) is 5.45. The van der Waals surface area contributed by atoms with E-state index >= 15 is 0 Å². The molecular formula is C17H21BN2O7. The van der Waals surface area contributed by atoms with Gasteiger partial charge in [0.25, 0.3) is 0 Å². The summed E-state index contributed by atoms with van der Waals surface area (Å²) >= 11 is 0. The minimum absolute atomic E-state index is 0.0224. The van der Waals surface area contributed by atoms with E-state index < -0.39 is 25.2 Å². The SMILES string of the molecule is C[C@](N)(CO)C(=O)N1CC(Oc2ccc3c(c2C(=O)O)OB(O)C2CC32)C1. The third-order valence-electron chi connectivity index (χ3n) is 5.45. The summed E-state index contributed by atoms with van der Waals surface area (Å²) in [6.07, 6.45) is 0.386. The molecule has 0 aromatic heterocycles. The van der Waals surface area contributed by atoms with E-state index in [0.29, 0.717) is 0 Å². The molecule has 4 rings (SSSR count). The quantitative estimate of drug-likeness (QED) is 0.500. The summed E-state index contributed by atoms with van der Waals surface area (Å²) in [7, 11) is -1.01. The highest BCUT2D eigenvalue weighted by Gasteiger charge is 2.54. The number of nitrogens with zero attached hydrogens (tertiary/aromatic N) is 1. The number of benzene rings is 1. The maximum atomic E-state index is 12.2. The number of aromatic carboxylic acids is 1. The van der Waals surface area contributed by atoms with Crippen molar-refractivity contribution in [2.24, 2.45) is 5.73 Å². The van der Waals surface area contributed by atoms with E-state index in [1.54, 1.807) is 12.1 Å². The lowest BCUT2D eigenvalue weighted by atomic mass is 9.77. The van der Waals surface area contributed by atoms with Gasteiger partial charge in [-0.2, -0.15) is 0 Å². The highest BCUT2D eigenvalue weighted by atomic mass is 16.5. The molecule has 0 radical (unpaired) electrons. The summed E-state index contributed by atoms with van der Waals surface area (Å²) in [6.45, 7) is 1.47. The highest BCUT2D eigenvalue weighted by molar-refractivity contribution is 6.48. The topological polar surface area (TPSA) is 143 Å². The molecule has 1 aliphatic carbocycles. The maximum absolute atomic E-state index is 12.2. The molecule has 9 nitrogen and oxygen atoms in total. The number of ether oxygens (including phenoxy) is 1. The van der Waals surface area contributed by atoms with Gasteiger partial charge in [-0.1, -0.05) is 6.07 Å². The predicted molar refractivity (Wildman–Crippen MR) is 93.8 cm³/mol. The van der Waals surface area contributed by atoms with Gasteiger partial charge in [0.15, 0.2) is 0 Å². The number of fused-ring (bicyclic) bond motifs is 3. The molecule has 1 saturated heterocycles. The average molecular weight is 376 g/mol. The molecule has 1 saturated carbocycles. The van der Waals surface area contributed by atoms with Gasteiger partial charge in [0.1, 0.15) is 28.7 Å². The molecule has 27 heavy (non-hydrogen) atoms. The number of carboxylic acids is 1. The van der Waals surface area contributed by atoms with Crippen molar-refractivity contribution in [2.75, 3.05) is 19.7 Å². The van der Waals surface area contributed by atoms with Gasteiger partial charge >= 0.3 is 13.1 Å². The normalized spacial score (nSPS) is 25.5. The van der Waals surface area contributed by atoms with E-state index in [2.05, 4.69) is 0 Å². The second-order valence-electron chi connectivity index (χ2n) is 7.70. The van der Waals surface area contributed by atoms with Crippen LogP contribution in [0.5, 0.6) is 11.5 Å². The molecule has 1 aromatic carbocycles. The number of rotatable bonds is 5. The van der Waals surface area contributed by atoms with Gasteiger partial charge in [0.2, 0.25) is 5.91 Å². The van der Waals surface area contributed by atoms with E-state index in [0.717, 1.165) is 12.0 Å². The Labute approximate surface area is 155 Å². The number of aliphatic hydroxyl groups is 1. The van der Waals surface area contributed by atoms with E-state index in [1.807, 2.05) is 0 Å². The number of aliphatic hydroxyl groups excluding tert-OH is 1. The van der Waals surface area contributed by atoms with Crippen molar-refractivity contribution in [1.82, 2.24) is 4.90 Å². The van der Waals surface area contributed by atoms with Gasteiger partial charge in [0, 0.05) is 5.82 Å². The smallest absolute Gasteiger partial charge is 0.526 e. The summed E-state index contributed by atoms with van der Waals surface area (Å²) in [5.74, 6) is -1.14. The van der Waals surface area contributed by atoms with Gasteiger partial charge in [0.05, 0.1) is 19.7 Å². The Morgan fingerprint density at radius 2 is 2.15 bits per heavy atom. The molecule has 2 fully saturated rings. The fourth-order valence-electron chi connectivity index (χ4n) is 3.68. The average Bonchev–Trinajstić information content (AvgIpc) is 3.38. The van der Waals surface area contributed by atoms with E-state index in [-0.39, 0.29) is 53.9 Å². The second-order valence-corrected chi connectivity index (χ2v) is 7.70. The molecule has 0 spiro atoms. The maximum Gasteiger partial charge on any atom is 0.526 e. The Kier molecular flexibility index (Phi) is 4.10. The van der Waals surface area contributed by atoms with Crippen molar-refractivity contribution in [1.29, 1.82) is 0 Å². The number of amides is 1. The lowest BCUT2D eigenvalue weighted by molar-refractivity contribution is -0.146. The second kappa shape index (κ2) is 6.11. The van der Waals surface area contributed by atoms with Crippen molar-refractivity contribution < 1.29 is 34.2 Å². The van der Waals surface area contributed by atoms with Crippen molar-refractivity contribution in [3.8, 4) is 11.5 Å². The largest absolute Gasteiger partial charge is 0.535 e. The zero-order chi connectivity index (χ0) is 19.5. The molecule has 0 bridgehead atoms. The van der Waals surface area contributed by atoms with Gasteiger partial charge in [-0.3, -0.25) is 4.79 Å². The number of hydrogen-bond acceptors (Lipinski definition) is 7. The van der Waals surface area contributed by atoms with Crippen LogP contribution in [-0.2, 0) is 4.79 Å². The molecule has 5 N–H and O–H groups in total. The number of carbonyl (C=O) groups is 2. The number of carbonyl (C=O) groups excluding carboxylic acids is 1. The fraction of sp³-hybridized carbons (Fsp3) is 0.529. The van der Waals surface area contributed by atoms with Crippen LogP contribution in [0.4, 0.5) is 0 Å². The van der Waals surface area contributed by atoms with Gasteiger partial charge in [-0.15, -0.1) is 0 Å². The number of hydrogen-bond donors (Lipinski definition) is 4. The summed E-state index contributed by atoms with van der Waals surface area (Å²) in [5.41, 5.74) is 5.05. The summed E-state index contributed by atoms with van der Waals surface area (Å²) in [4.78, 5) is 25.4. The van der Waals surface area contributed by atoms with Crippen LogP contribution in [0.2, 0.25) is 5.82 Å². The molecular weight excluding hydrogens is 355 g/mol. The Balaban J connectivity index is 1.50. The first-order chi connectivity index (χ1) is 12.7. The Bertz CT molecular complexity index is 809. The van der Waals surface area contributed by atoms with Crippen LogP contribution in [-0.4, -0.2) is 70.5 Å². The zero-order valence-corrected chi connectivity index (χ0v) is 14.8. The van der Waals surface area contributed by atoms with Crippen molar-refractivity contribution >= 4 is 19.0 Å². The number of carboxylic acid groups (broad SMARTS) is 1. The van der Waals surface area contributed by atoms with Crippen LogP contribution in [0.25, 0.3) is 0 Å². The first kappa shape index (κ1) is 18.1. The molecule has 2 heterocycles. The lowest BCUT2D eigenvalue weighted by Gasteiger charge is -2.42. The minimum Gasteiger partial charge on any atom is -0.535 e. The summed E-state index contributed by atoms with van der Waals surface area (Å²) < 4.78 is 11.2. The molecule has 3 atom stereocenters. The standard InChI is InChI=1S/C17H21BN2O7/c1-17(19,7-21)16(24)20-5-8(6-20)26-12-3-2-9-10-4-11(10)18(25)27-14(9)13(12)15(22)23/h2-3,8,10-11,21,25H,4-7,19H2,1H3,(H,22,23)/t10?,11?,17-/m0/s1. The van der Waals surface area contributed by atoms with Gasteiger partial charge in [-0.05, 0) is 30.9 Å². The molecule has 1 amide bonds. The van der Waals surface area contributed by atoms with Gasteiger partial charge in [-0.25, -0.2) is 4.79 Å². The monoisotopic (exact) mass is 376 g/mol. The Morgan fingerprint density at radius 1 is 1.44 bits per heavy atom. The van der Waals surface area contributed by atoms with E-state index in [1.165, 1.54) is 11.8 Å². The zero-order valence-electron chi connectivity index (χ0n) is 14.8. The van der Waals surface area contributed by atoms with Crippen molar-refractivity contribution in [3.05, 3.63) is 23.3 Å². The Morgan fingerprint density at radius 3 is 2.78 bits per heavy atom. The summed E-state index contributed by atoms with van der Waals surface area (Å²) in [6, 6.07) is 3.38. The van der Waals surface area contributed by atoms with Crippen LogP contribution in [0.3, 0.4) is 0 Å². The van der Waals surface area contributed by atoms with Crippen LogP contribution in [0.1, 0.15) is 35.2 Å².